The summed E-state index contributed by atoms with van der Waals surface area (Å²) in [7, 11) is 0. The number of aryl methyl sites for hydroxylation is 2. The third-order valence-electron chi connectivity index (χ3n) is 5.63. The molecule has 0 fully saturated rings. The van der Waals surface area contributed by atoms with Crippen molar-refractivity contribution in [2.24, 2.45) is 0 Å². The molecule has 4 rings (SSSR count). The van der Waals surface area contributed by atoms with E-state index in [0.717, 1.165) is 11.1 Å². The maximum atomic E-state index is 10.7. The average molecular weight is 640 g/mol. The molecular weight excluding hydrogens is 610 g/mol. The minimum Gasteiger partial charge on any atom is -0.545 e. The van der Waals surface area contributed by atoms with E-state index in [4.69, 9.17) is 18.9 Å². The van der Waals surface area contributed by atoms with Crippen molar-refractivity contribution in [3.05, 3.63) is 107 Å². The quantitative estimate of drug-likeness (QED) is 0.193. The van der Waals surface area contributed by atoms with Crippen molar-refractivity contribution < 1.29 is 68.4 Å². The number of hydrogen-bond acceptors (Lipinski definition) is 10. The number of aromatic carboxylic acids is 2. The summed E-state index contributed by atoms with van der Waals surface area (Å²) in [4.78, 5) is 21.4. The third kappa shape index (κ3) is 10.9. The van der Waals surface area contributed by atoms with Crippen LogP contribution in [0.15, 0.2) is 84.9 Å². The molecule has 0 amide bonds. The Bertz CT molecular complexity index is 1390. The number of rotatable bonds is 10. The van der Waals surface area contributed by atoms with Crippen LogP contribution in [0.4, 0.5) is 0 Å². The Balaban J connectivity index is 0.000000293. The molecule has 0 aliphatic rings. The van der Waals surface area contributed by atoms with Gasteiger partial charge in [0.05, 0.1) is 11.9 Å². The number of ether oxygens (including phenoxy) is 4. The van der Waals surface area contributed by atoms with E-state index in [1.807, 2.05) is 62.4 Å². The Morgan fingerprint density at radius 3 is 1.12 bits per heavy atom. The van der Waals surface area contributed by atoms with Gasteiger partial charge in [-0.3, -0.25) is 0 Å². The number of carbonyl (C=O) groups excluding carboxylic acids is 2. The van der Waals surface area contributed by atoms with Gasteiger partial charge in [0.2, 0.25) is 12.6 Å². The normalized spacial score (nSPS) is 11.4. The number of benzene rings is 4. The zero-order chi connectivity index (χ0) is 30.8. The predicted octanol–water partition coefficient (Wildman–Crippen LogP) is 3.73. The second-order valence-electron chi connectivity index (χ2n) is 9.17. The summed E-state index contributed by atoms with van der Waals surface area (Å²) in [5, 5.41) is 40.5. The van der Waals surface area contributed by atoms with Crippen LogP contribution >= 0.6 is 0 Å². The fourth-order valence-electron chi connectivity index (χ4n) is 3.56. The minimum atomic E-state index is -1.44. The van der Waals surface area contributed by atoms with Gasteiger partial charge in [0.1, 0.15) is 34.5 Å². The van der Waals surface area contributed by atoms with E-state index in [2.05, 4.69) is 0 Å². The van der Waals surface area contributed by atoms with Crippen molar-refractivity contribution in [3.63, 3.8) is 0 Å². The molecule has 10 nitrogen and oxygen atoms in total. The Morgan fingerprint density at radius 1 is 0.558 bits per heavy atom. The van der Waals surface area contributed by atoms with Gasteiger partial charge in [-0.2, -0.15) is 0 Å². The summed E-state index contributed by atoms with van der Waals surface area (Å²) in [6.45, 7) is 7.35. The van der Waals surface area contributed by atoms with Crippen LogP contribution in [0.2, 0.25) is 0 Å². The third-order valence-corrected chi connectivity index (χ3v) is 5.63. The Morgan fingerprint density at radius 2 is 0.837 bits per heavy atom. The molecule has 2 unspecified atom stereocenters. The largest absolute Gasteiger partial charge is 2.00 e. The van der Waals surface area contributed by atoms with Crippen LogP contribution in [0.25, 0.3) is 0 Å². The zero-order valence-electron chi connectivity index (χ0n) is 24.1. The number of carbonyl (C=O) groups is 2. The smallest absolute Gasteiger partial charge is 0.545 e. The van der Waals surface area contributed by atoms with Gasteiger partial charge in [0.15, 0.2) is 0 Å². The maximum absolute atomic E-state index is 10.7. The van der Waals surface area contributed by atoms with Gasteiger partial charge in [0, 0.05) is 37.1 Å². The molecule has 0 saturated heterocycles. The minimum absolute atomic E-state index is 0. The van der Waals surface area contributed by atoms with E-state index in [9.17, 15) is 30.0 Å². The first-order chi connectivity index (χ1) is 19.9. The second kappa shape index (κ2) is 16.0. The molecule has 11 heteroatoms. The van der Waals surface area contributed by atoms with Gasteiger partial charge in [0.25, 0.3) is 0 Å². The first-order valence-electron chi connectivity index (χ1n) is 12.8. The number of phenols is 2. The first-order valence-corrected chi connectivity index (χ1v) is 12.8. The van der Waals surface area contributed by atoms with Crippen molar-refractivity contribution in [2.45, 2.75) is 40.3 Å². The van der Waals surface area contributed by atoms with Gasteiger partial charge in [-0.05, 0) is 62.4 Å². The SMILES string of the molecule is Cc1ccc(OC(C)Oc2ccc(C(=O)[O-])c(O)c2)cc1.Cc1ccc(OC(C)Oc2ccc(C(=O)[O-])c(O)c2)cc1.[Zn+2]. The van der Waals surface area contributed by atoms with Gasteiger partial charge in [-0.15, -0.1) is 0 Å². The van der Waals surface area contributed by atoms with Crippen molar-refractivity contribution in [2.75, 3.05) is 0 Å². The molecule has 220 valence electrons. The van der Waals surface area contributed by atoms with Crippen molar-refractivity contribution >= 4 is 11.9 Å². The van der Waals surface area contributed by atoms with E-state index in [-0.39, 0.29) is 30.6 Å². The van der Waals surface area contributed by atoms with Gasteiger partial charge < -0.3 is 49.0 Å². The maximum Gasteiger partial charge on any atom is 2.00 e. The molecule has 4 aromatic carbocycles. The average Bonchev–Trinajstić information content (AvgIpc) is 2.91. The molecular formula is C32H30O10Zn. The number of hydrogen-bond donors (Lipinski definition) is 2. The van der Waals surface area contributed by atoms with E-state index in [1.54, 1.807) is 13.8 Å². The van der Waals surface area contributed by atoms with Gasteiger partial charge >= 0.3 is 19.5 Å². The van der Waals surface area contributed by atoms with E-state index in [0.29, 0.717) is 23.0 Å². The standard InChI is InChI=1S/2C16H16O5.Zn/c2*1-10-3-5-12(6-4-10)20-11(2)21-13-7-8-14(16(18)19)15(17)9-13;/h2*3-9,11,17H,1-2H3,(H,18,19);/q;;+2/p-2. The monoisotopic (exact) mass is 638 g/mol. The van der Waals surface area contributed by atoms with Crippen molar-refractivity contribution in [1.82, 2.24) is 0 Å². The van der Waals surface area contributed by atoms with Gasteiger partial charge in [-0.25, -0.2) is 0 Å². The molecule has 43 heavy (non-hydrogen) atoms. The molecule has 0 aliphatic heterocycles. The molecule has 0 heterocycles. The van der Waals surface area contributed by atoms with Crippen molar-refractivity contribution in [3.8, 4) is 34.5 Å². The summed E-state index contributed by atoms with van der Waals surface area (Å²) in [6.07, 6.45) is -1.19. The summed E-state index contributed by atoms with van der Waals surface area (Å²) in [6, 6.07) is 22.7. The van der Waals surface area contributed by atoms with Crippen molar-refractivity contribution in [1.29, 1.82) is 0 Å². The number of carboxylic acids is 2. The second-order valence-corrected chi connectivity index (χ2v) is 9.17. The van der Waals surface area contributed by atoms with Crippen LogP contribution in [-0.4, -0.2) is 34.7 Å². The number of carboxylic acid groups (broad SMARTS) is 2. The molecule has 0 radical (unpaired) electrons. The van der Waals surface area contributed by atoms with Crippen LogP contribution in [0.3, 0.4) is 0 Å². The predicted molar refractivity (Wildman–Crippen MR) is 149 cm³/mol. The van der Waals surface area contributed by atoms with Crippen LogP contribution in [0.5, 0.6) is 34.5 Å². The topological polar surface area (TPSA) is 158 Å². The van der Waals surface area contributed by atoms with E-state index in [1.165, 1.54) is 36.4 Å². The number of aromatic hydroxyl groups is 2. The van der Waals surface area contributed by atoms with Crippen LogP contribution in [0, 0.1) is 13.8 Å². The van der Waals surface area contributed by atoms with Crippen LogP contribution < -0.4 is 29.2 Å². The molecule has 0 aliphatic carbocycles. The summed E-state index contributed by atoms with van der Waals surface area (Å²) in [5.74, 6) is -1.78. The fourth-order valence-corrected chi connectivity index (χ4v) is 3.56. The van der Waals surface area contributed by atoms with Crippen LogP contribution in [0.1, 0.15) is 45.7 Å². The zero-order valence-corrected chi connectivity index (χ0v) is 27.1. The first kappa shape index (κ1) is 34.4. The Kier molecular flexibility index (Phi) is 12.8. The molecule has 2 atom stereocenters. The Hall–Kier alpha value is -4.76. The summed E-state index contributed by atoms with van der Waals surface area (Å²) in [5.41, 5.74) is 1.68. The Labute approximate surface area is 261 Å². The van der Waals surface area contributed by atoms with Crippen LogP contribution in [-0.2, 0) is 19.5 Å². The molecule has 0 aromatic heterocycles. The molecule has 0 spiro atoms. The van der Waals surface area contributed by atoms with E-state index < -0.39 is 36.0 Å². The van der Waals surface area contributed by atoms with Gasteiger partial charge in [-0.1, -0.05) is 35.4 Å². The summed E-state index contributed by atoms with van der Waals surface area (Å²) >= 11 is 0. The molecule has 4 aromatic rings. The molecule has 0 saturated carbocycles. The fraction of sp³-hybridized carbons (Fsp3) is 0.188. The van der Waals surface area contributed by atoms with E-state index >= 15 is 0 Å². The molecule has 0 bridgehead atoms. The summed E-state index contributed by atoms with van der Waals surface area (Å²) < 4.78 is 22.1. The molecule has 2 N–H and O–H groups in total.